The van der Waals surface area contributed by atoms with E-state index in [0.717, 1.165) is 47.3 Å². The van der Waals surface area contributed by atoms with Gasteiger partial charge in [-0.3, -0.25) is 0 Å². The van der Waals surface area contributed by atoms with E-state index in [0.29, 0.717) is 12.5 Å². The van der Waals surface area contributed by atoms with E-state index in [1.807, 2.05) is 12.1 Å². The van der Waals surface area contributed by atoms with Gasteiger partial charge in [-0.15, -0.1) is 11.6 Å². The molecule has 3 nitrogen and oxygen atoms in total. The van der Waals surface area contributed by atoms with E-state index >= 15 is 0 Å². The Hall–Kier alpha value is -0.580. The number of rotatable bonds is 8. The summed E-state index contributed by atoms with van der Waals surface area (Å²) in [6.45, 7) is 4.54. The molecule has 0 amide bonds. The summed E-state index contributed by atoms with van der Waals surface area (Å²) in [5.41, 5.74) is 2.15. The van der Waals surface area contributed by atoms with Crippen molar-refractivity contribution >= 4 is 38.6 Å². The number of fused-ring (bicyclic) bond motifs is 1. The molecule has 0 saturated heterocycles. The predicted molar refractivity (Wildman–Crippen MR) is 87.6 cm³/mol. The number of imidazole rings is 1. The average molecular weight is 360 g/mol. The lowest BCUT2D eigenvalue weighted by molar-refractivity contribution is 0.123. The van der Waals surface area contributed by atoms with Gasteiger partial charge in [-0.1, -0.05) is 29.3 Å². The number of aromatic nitrogens is 2. The molecule has 5 heteroatoms. The maximum atomic E-state index is 5.88. The van der Waals surface area contributed by atoms with Crippen LogP contribution in [0.3, 0.4) is 0 Å². The second kappa shape index (κ2) is 8.01. The van der Waals surface area contributed by atoms with Crippen LogP contribution in [-0.4, -0.2) is 28.6 Å². The van der Waals surface area contributed by atoms with Crippen molar-refractivity contribution in [3.05, 3.63) is 28.5 Å². The van der Waals surface area contributed by atoms with E-state index in [1.54, 1.807) is 0 Å². The molecule has 0 spiro atoms. The fraction of sp³-hybridized carbons (Fsp3) is 0.533. The Labute approximate surface area is 133 Å². The summed E-state index contributed by atoms with van der Waals surface area (Å²) in [5.74, 6) is 1.62. The van der Waals surface area contributed by atoms with Gasteiger partial charge in [0.25, 0.3) is 0 Å². The Balaban J connectivity index is 2.15. The highest BCUT2D eigenvalue weighted by molar-refractivity contribution is 9.10. The summed E-state index contributed by atoms with van der Waals surface area (Å²) in [7, 11) is 0. The molecule has 0 bridgehead atoms. The molecule has 1 aromatic carbocycles. The molecule has 110 valence electrons. The van der Waals surface area contributed by atoms with E-state index in [1.165, 1.54) is 6.42 Å². The highest BCUT2D eigenvalue weighted by Gasteiger charge is 2.10. The molecule has 2 aromatic rings. The SMILES string of the molecule is CCCCOCCn1c(CCCl)nc2ccc(Br)cc21. The van der Waals surface area contributed by atoms with Gasteiger partial charge in [-0.25, -0.2) is 4.98 Å². The van der Waals surface area contributed by atoms with Crippen LogP contribution in [-0.2, 0) is 17.7 Å². The van der Waals surface area contributed by atoms with E-state index in [9.17, 15) is 0 Å². The standard InChI is InChI=1S/C15H20BrClN2O/c1-2-3-9-20-10-8-19-14-11-12(16)4-5-13(14)18-15(19)6-7-17/h4-5,11H,2-3,6-10H2,1H3. The van der Waals surface area contributed by atoms with E-state index < -0.39 is 0 Å². The Morgan fingerprint density at radius 2 is 2.20 bits per heavy atom. The highest BCUT2D eigenvalue weighted by Crippen LogP contribution is 2.21. The molecule has 0 aliphatic carbocycles. The number of alkyl halides is 1. The van der Waals surface area contributed by atoms with Crippen molar-refractivity contribution in [1.82, 2.24) is 9.55 Å². The highest BCUT2D eigenvalue weighted by atomic mass is 79.9. The summed E-state index contributed by atoms with van der Waals surface area (Å²) in [5, 5.41) is 0. The van der Waals surface area contributed by atoms with Crippen molar-refractivity contribution in [2.24, 2.45) is 0 Å². The number of halogens is 2. The second-order valence-electron chi connectivity index (χ2n) is 4.72. The zero-order valence-electron chi connectivity index (χ0n) is 11.7. The van der Waals surface area contributed by atoms with Crippen LogP contribution in [0, 0.1) is 0 Å². The van der Waals surface area contributed by atoms with Crippen LogP contribution in [0.1, 0.15) is 25.6 Å². The van der Waals surface area contributed by atoms with Gasteiger partial charge in [0.2, 0.25) is 0 Å². The number of benzene rings is 1. The molecule has 1 aromatic heterocycles. The number of aryl methyl sites for hydroxylation is 1. The molecule has 0 fully saturated rings. The van der Waals surface area contributed by atoms with Crippen molar-refractivity contribution in [3.8, 4) is 0 Å². The van der Waals surface area contributed by atoms with E-state index in [2.05, 4.69) is 38.5 Å². The zero-order valence-corrected chi connectivity index (χ0v) is 14.1. The summed E-state index contributed by atoms with van der Waals surface area (Å²) < 4.78 is 8.95. The van der Waals surface area contributed by atoms with Crippen molar-refractivity contribution < 1.29 is 4.74 Å². The van der Waals surface area contributed by atoms with Crippen molar-refractivity contribution in [1.29, 1.82) is 0 Å². The number of nitrogens with zero attached hydrogens (tertiary/aromatic N) is 2. The number of hydrogen-bond donors (Lipinski definition) is 0. The van der Waals surface area contributed by atoms with Gasteiger partial charge in [0, 0.05) is 29.9 Å². The minimum Gasteiger partial charge on any atom is -0.380 e. The van der Waals surface area contributed by atoms with Crippen molar-refractivity contribution in [2.45, 2.75) is 32.7 Å². The lowest BCUT2D eigenvalue weighted by Crippen LogP contribution is -2.10. The van der Waals surface area contributed by atoms with Gasteiger partial charge < -0.3 is 9.30 Å². The smallest absolute Gasteiger partial charge is 0.111 e. The maximum absolute atomic E-state index is 5.88. The fourth-order valence-electron chi connectivity index (χ4n) is 2.17. The molecule has 0 N–H and O–H groups in total. The molecule has 0 radical (unpaired) electrons. The summed E-state index contributed by atoms with van der Waals surface area (Å²) >= 11 is 9.39. The molecule has 20 heavy (non-hydrogen) atoms. The first kappa shape index (κ1) is 15.8. The van der Waals surface area contributed by atoms with Crippen LogP contribution >= 0.6 is 27.5 Å². The molecule has 1 heterocycles. The molecule has 2 rings (SSSR count). The first-order valence-corrected chi connectivity index (χ1v) is 8.37. The third-order valence-electron chi connectivity index (χ3n) is 3.21. The van der Waals surface area contributed by atoms with Gasteiger partial charge in [0.1, 0.15) is 5.82 Å². The average Bonchev–Trinajstić information content (AvgIpc) is 2.76. The van der Waals surface area contributed by atoms with Crippen LogP contribution in [0.15, 0.2) is 22.7 Å². The molecule has 0 aliphatic rings. The van der Waals surface area contributed by atoms with E-state index in [4.69, 9.17) is 16.3 Å². The van der Waals surface area contributed by atoms with Gasteiger partial charge in [-0.05, 0) is 24.6 Å². The van der Waals surface area contributed by atoms with Gasteiger partial charge in [-0.2, -0.15) is 0 Å². The summed E-state index contributed by atoms with van der Waals surface area (Å²) in [4.78, 5) is 4.66. The number of ether oxygens (including phenoxy) is 1. The van der Waals surface area contributed by atoms with Crippen LogP contribution in [0.2, 0.25) is 0 Å². The molecule has 0 atom stereocenters. The van der Waals surface area contributed by atoms with Gasteiger partial charge >= 0.3 is 0 Å². The van der Waals surface area contributed by atoms with Crippen LogP contribution in [0.4, 0.5) is 0 Å². The number of unbranched alkanes of at least 4 members (excludes halogenated alkanes) is 1. The predicted octanol–water partition coefficient (Wildman–Crippen LogP) is 4.40. The Bertz CT molecular complexity index is 556. The summed E-state index contributed by atoms with van der Waals surface area (Å²) in [6.07, 6.45) is 3.06. The first-order valence-electron chi connectivity index (χ1n) is 7.04. The molecule has 0 unspecified atom stereocenters. The quantitative estimate of drug-likeness (QED) is 0.516. The minimum atomic E-state index is 0.585. The first-order chi connectivity index (χ1) is 9.76. The van der Waals surface area contributed by atoms with Gasteiger partial charge in [0.05, 0.1) is 17.6 Å². The Morgan fingerprint density at radius 1 is 1.35 bits per heavy atom. The van der Waals surface area contributed by atoms with Crippen molar-refractivity contribution in [2.75, 3.05) is 19.1 Å². The lowest BCUT2D eigenvalue weighted by atomic mass is 10.3. The van der Waals surface area contributed by atoms with Gasteiger partial charge in [0.15, 0.2) is 0 Å². The third kappa shape index (κ3) is 3.96. The molecule has 0 saturated carbocycles. The zero-order chi connectivity index (χ0) is 14.4. The third-order valence-corrected chi connectivity index (χ3v) is 3.89. The normalized spacial score (nSPS) is 11.3. The van der Waals surface area contributed by atoms with E-state index in [-0.39, 0.29) is 0 Å². The largest absolute Gasteiger partial charge is 0.380 e. The molecule has 0 aliphatic heterocycles. The molecular formula is C15H20BrClN2O. The van der Waals surface area contributed by atoms with Crippen LogP contribution in [0.5, 0.6) is 0 Å². The fourth-order valence-corrected chi connectivity index (χ4v) is 2.69. The Morgan fingerprint density at radius 3 is 2.95 bits per heavy atom. The molecular weight excluding hydrogens is 340 g/mol. The van der Waals surface area contributed by atoms with Crippen LogP contribution in [0.25, 0.3) is 11.0 Å². The lowest BCUT2D eigenvalue weighted by Gasteiger charge is -2.09. The van der Waals surface area contributed by atoms with Crippen molar-refractivity contribution in [3.63, 3.8) is 0 Å². The monoisotopic (exact) mass is 358 g/mol. The topological polar surface area (TPSA) is 27.1 Å². The summed E-state index contributed by atoms with van der Waals surface area (Å²) in [6, 6.07) is 6.15. The minimum absolute atomic E-state index is 0.585. The maximum Gasteiger partial charge on any atom is 0.111 e. The van der Waals surface area contributed by atoms with Crippen LogP contribution < -0.4 is 0 Å². The second-order valence-corrected chi connectivity index (χ2v) is 6.01. The Kier molecular flexibility index (Phi) is 6.33. The number of hydrogen-bond acceptors (Lipinski definition) is 2.